The highest BCUT2D eigenvalue weighted by molar-refractivity contribution is 5.88. The van der Waals surface area contributed by atoms with Crippen LogP contribution in [0.2, 0.25) is 0 Å². The van der Waals surface area contributed by atoms with Crippen LogP contribution in [0.3, 0.4) is 0 Å². The van der Waals surface area contributed by atoms with E-state index < -0.39 is 0 Å². The SMILES string of the molecule is O=C(NCc1ncn[nH]1)C1CNc2ccccc21. The molecule has 1 unspecified atom stereocenters. The van der Waals surface area contributed by atoms with Crippen LogP contribution < -0.4 is 10.6 Å². The molecular formula is C12H13N5O. The summed E-state index contributed by atoms with van der Waals surface area (Å²) in [6.07, 6.45) is 1.42. The van der Waals surface area contributed by atoms with E-state index in [-0.39, 0.29) is 11.8 Å². The molecule has 0 radical (unpaired) electrons. The Morgan fingerprint density at radius 3 is 3.17 bits per heavy atom. The molecule has 0 fully saturated rings. The number of carbonyl (C=O) groups excluding carboxylic acids is 1. The van der Waals surface area contributed by atoms with Crippen LogP contribution in [0.25, 0.3) is 0 Å². The van der Waals surface area contributed by atoms with Crippen molar-refractivity contribution in [1.29, 1.82) is 0 Å². The number of benzene rings is 1. The summed E-state index contributed by atoms with van der Waals surface area (Å²) in [5, 5.41) is 12.5. The zero-order valence-corrected chi connectivity index (χ0v) is 9.68. The lowest BCUT2D eigenvalue weighted by Crippen LogP contribution is -2.30. The summed E-state index contributed by atoms with van der Waals surface area (Å²) in [5.74, 6) is 0.524. The third-order valence-electron chi connectivity index (χ3n) is 3.04. The van der Waals surface area contributed by atoms with Crippen molar-refractivity contribution in [3.63, 3.8) is 0 Å². The number of aromatic nitrogens is 3. The van der Waals surface area contributed by atoms with Gasteiger partial charge >= 0.3 is 0 Å². The summed E-state index contributed by atoms with van der Waals surface area (Å²) in [6, 6.07) is 7.87. The number of H-pyrrole nitrogens is 1. The predicted molar refractivity (Wildman–Crippen MR) is 65.9 cm³/mol. The van der Waals surface area contributed by atoms with Crippen LogP contribution in [0.1, 0.15) is 17.3 Å². The molecule has 1 aromatic carbocycles. The topological polar surface area (TPSA) is 82.7 Å². The van der Waals surface area contributed by atoms with Crippen molar-refractivity contribution in [2.24, 2.45) is 0 Å². The second-order valence-corrected chi connectivity index (χ2v) is 4.17. The Morgan fingerprint density at radius 1 is 1.44 bits per heavy atom. The van der Waals surface area contributed by atoms with Crippen molar-refractivity contribution in [2.45, 2.75) is 12.5 Å². The molecule has 1 atom stereocenters. The molecule has 0 aliphatic carbocycles. The Morgan fingerprint density at radius 2 is 2.33 bits per heavy atom. The van der Waals surface area contributed by atoms with E-state index in [1.54, 1.807) is 0 Å². The lowest BCUT2D eigenvalue weighted by Gasteiger charge is -2.09. The second-order valence-electron chi connectivity index (χ2n) is 4.17. The molecule has 3 rings (SSSR count). The first-order valence-electron chi connectivity index (χ1n) is 5.79. The molecule has 6 heteroatoms. The van der Waals surface area contributed by atoms with Crippen molar-refractivity contribution >= 4 is 11.6 Å². The number of hydrogen-bond acceptors (Lipinski definition) is 4. The zero-order chi connectivity index (χ0) is 12.4. The maximum Gasteiger partial charge on any atom is 0.229 e. The number of aromatic amines is 1. The number of anilines is 1. The monoisotopic (exact) mass is 243 g/mol. The summed E-state index contributed by atoms with van der Waals surface area (Å²) in [5.41, 5.74) is 2.09. The van der Waals surface area contributed by atoms with E-state index in [4.69, 9.17) is 0 Å². The molecule has 2 aromatic rings. The number of carbonyl (C=O) groups is 1. The van der Waals surface area contributed by atoms with Gasteiger partial charge in [0.2, 0.25) is 5.91 Å². The summed E-state index contributed by atoms with van der Waals surface area (Å²) in [4.78, 5) is 16.1. The Hall–Kier alpha value is -2.37. The summed E-state index contributed by atoms with van der Waals surface area (Å²) in [6.45, 7) is 1.01. The van der Waals surface area contributed by atoms with Crippen LogP contribution in [-0.4, -0.2) is 27.6 Å². The molecule has 1 aromatic heterocycles. The van der Waals surface area contributed by atoms with E-state index in [1.807, 2.05) is 24.3 Å². The lowest BCUT2D eigenvalue weighted by atomic mass is 10.0. The van der Waals surface area contributed by atoms with Gasteiger partial charge in [-0.15, -0.1) is 0 Å². The maximum atomic E-state index is 12.1. The Bertz CT molecular complexity index is 551. The smallest absolute Gasteiger partial charge is 0.229 e. The largest absolute Gasteiger partial charge is 0.384 e. The minimum Gasteiger partial charge on any atom is -0.384 e. The van der Waals surface area contributed by atoms with Gasteiger partial charge in [-0.2, -0.15) is 5.10 Å². The second kappa shape index (κ2) is 4.48. The van der Waals surface area contributed by atoms with Crippen molar-refractivity contribution in [3.8, 4) is 0 Å². The van der Waals surface area contributed by atoms with Crippen LogP contribution in [0.15, 0.2) is 30.6 Å². The van der Waals surface area contributed by atoms with Crippen LogP contribution >= 0.6 is 0 Å². The van der Waals surface area contributed by atoms with E-state index in [1.165, 1.54) is 6.33 Å². The third kappa shape index (κ3) is 1.92. The van der Waals surface area contributed by atoms with Gasteiger partial charge in [0.05, 0.1) is 12.5 Å². The number of nitrogens with one attached hydrogen (secondary N) is 3. The van der Waals surface area contributed by atoms with Crippen molar-refractivity contribution < 1.29 is 4.79 Å². The standard InChI is InChI=1S/C12H13N5O/c18-12(14-6-11-15-7-16-17-11)9-5-13-10-4-2-1-3-8(9)10/h1-4,7,9,13H,5-6H2,(H,14,18)(H,15,16,17). The first-order valence-corrected chi connectivity index (χ1v) is 5.79. The number of para-hydroxylation sites is 1. The average Bonchev–Trinajstić information content (AvgIpc) is 3.05. The van der Waals surface area contributed by atoms with E-state index in [9.17, 15) is 4.79 Å². The van der Waals surface area contributed by atoms with Gasteiger partial charge < -0.3 is 10.6 Å². The van der Waals surface area contributed by atoms with Crippen LogP contribution in [0, 0.1) is 0 Å². The Kier molecular flexibility index (Phi) is 2.68. The third-order valence-corrected chi connectivity index (χ3v) is 3.04. The van der Waals surface area contributed by atoms with Crippen LogP contribution in [0.4, 0.5) is 5.69 Å². The van der Waals surface area contributed by atoms with Crippen molar-refractivity contribution in [2.75, 3.05) is 11.9 Å². The molecule has 0 saturated carbocycles. The summed E-state index contributed by atoms with van der Waals surface area (Å²) in [7, 11) is 0. The fraction of sp³-hybridized carbons (Fsp3) is 0.250. The van der Waals surface area contributed by atoms with E-state index in [0.29, 0.717) is 18.9 Å². The lowest BCUT2D eigenvalue weighted by molar-refractivity contribution is -0.122. The average molecular weight is 243 g/mol. The van der Waals surface area contributed by atoms with Gasteiger partial charge in [-0.3, -0.25) is 9.89 Å². The van der Waals surface area contributed by atoms with Crippen LogP contribution in [0.5, 0.6) is 0 Å². The van der Waals surface area contributed by atoms with Gasteiger partial charge in [0.15, 0.2) is 0 Å². The molecule has 92 valence electrons. The minimum atomic E-state index is -0.135. The van der Waals surface area contributed by atoms with Crippen molar-refractivity contribution in [3.05, 3.63) is 42.0 Å². The maximum absolute atomic E-state index is 12.1. The molecule has 0 spiro atoms. The number of amides is 1. The molecular weight excluding hydrogens is 230 g/mol. The summed E-state index contributed by atoms with van der Waals surface area (Å²) >= 11 is 0. The highest BCUT2D eigenvalue weighted by Gasteiger charge is 2.27. The molecule has 18 heavy (non-hydrogen) atoms. The Labute approximate surface area is 104 Å². The molecule has 0 bridgehead atoms. The molecule has 6 nitrogen and oxygen atoms in total. The molecule has 1 aliphatic rings. The quantitative estimate of drug-likeness (QED) is 0.738. The van der Waals surface area contributed by atoms with Crippen LogP contribution in [-0.2, 0) is 11.3 Å². The van der Waals surface area contributed by atoms with Gasteiger partial charge in [-0.05, 0) is 11.6 Å². The highest BCUT2D eigenvalue weighted by Crippen LogP contribution is 2.30. The van der Waals surface area contributed by atoms with Crippen molar-refractivity contribution in [1.82, 2.24) is 20.5 Å². The Balaban J connectivity index is 1.67. The first-order chi connectivity index (χ1) is 8.84. The predicted octanol–water partition coefficient (Wildman–Crippen LogP) is 0.630. The number of hydrogen-bond donors (Lipinski definition) is 3. The first kappa shape index (κ1) is 10.8. The number of fused-ring (bicyclic) bond motifs is 1. The molecule has 0 saturated heterocycles. The van der Waals surface area contributed by atoms with Gasteiger partial charge in [0.25, 0.3) is 0 Å². The van der Waals surface area contributed by atoms with E-state index in [0.717, 1.165) is 11.3 Å². The van der Waals surface area contributed by atoms with Gasteiger partial charge in [-0.25, -0.2) is 4.98 Å². The number of nitrogens with zero attached hydrogens (tertiary/aromatic N) is 2. The molecule has 2 heterocycles. The van der Waals surface area contributed by atoms with E-state index in [2.05, 4.69) is 25.8 Å². The van der Waals surface area contributed by atoms with Gasteiger partial charge in [-0.1, -0.05) is 18.2 Å². The molecule has 3 N–H and O–H groups in total. The summed E-state index contributed by atoms with van der Waals surface area (Å²) < 4.78 is 0. The van der Waals surface area contributed by atoms with Gasteiger partial charge in [0, 0.05) is 12.2 Å². The van der Waals surface area contributed by atoms with Gasteiger partial charge in [0.1, 0.15) is 12.2 Å². The van der Waals surface area contributed by atoms with E-state index >= 15 is 0 Å². The minimum absolute atomic E-state index is 0.00356. The number of rotatable bonds is 3. The molecule has 1 aliphatic heterocycles. The molecule has 1 amide bonds. The zero-order valence-electron chi connectivity index (χ0n) is 9.68. The fourth-order valence-electron chi connectivity index (χ4n) is 2.13. The highest BCUT2D eigenvalue weighted by atomic mass is 16.1. The fourth-order valence-corrected chi connectivity index (χ4v) is 2.13. The normalized spacial score (nSPS) is 17.0.